The summed E-state index contributed by atoms with van der Waals surface area (Å²) in [6.07, 6.45) is 0.0320. The maximum Gasteiger partial charge on any atom is 0.231 e. The van der Waals surface area contributed by atoms with Crippen LogP contribution in [0.15, 0.2) is 54.6 Å². The fourth-order valence-electron chi connectivity index (χ4n) is 3.27. The molecule has 0 spiro atoms. The van der Waals surface area contributed by atoms with Crippen LogP contribution in [-0.2, 0) is 6.42 Å². The summed E-state index contributed by atoms with van der Waals surface area (Å²) in [6, 6.07) is 17.2. The Bertz CT molecular complexity index is 1190. The van der Waals surface area contributed by atoms with Gasteiger partial charge in [0.05, 0.1) is 6.10 Å². The number of benzene rings is 2. The molecule has 2 aromatic heterocycles. The molecule has 1 aliphatic heterocycles. The highest BCUT2D eigenvalue weighted by atomic mass is 16.7. The van der Waals surface area contributed by atoms with E-state index >= 15 is 0 Å². The van der Waals surface area contributed by atoms with Gasteiger partial charge < -0.3 is 19.9 Å². The molecule has 2 aromatic carbocycles. The molecule has 0 radical (unpaired) electrons. The van der Waals surface area contributed by atoms with E-state index < -0.39 is 6.10 Å². The molecule has 1 aliphatic rings. The van der Waals surface area contributed by atoms with Crippen LogP contribution in [-0.4, -0.2) is 31.7 Å². The molecule has 0 aliphatic carbocycles. The first-order valence-corrected chi connectivity index (χ1v) is 9.31. The molecule has 0 saturated heterocycles. The predicted molar refractivity (Wildman–Crippen MR) is 107 cm³/mol. The fraction of sp³-hybridized carbons (Fsp3) is 0.190. The topological polar surface area (TPSA) is 93.8 Å². The van der Waals surface area contributed by atoms with Crippen molar-refractivity contribution in [3.63, 3.8) is 0 Å². The summed E-state index contributed by atoms with van der Waals surface area (Å²) in [5.41, 5.74) is 3.39. The molecule has 4 aromatic rings. The van der Waals surface area contributed by atoms with Crippen LogP contribution in [0.2, 0.25) is 0 Å². The molecule has 0 saturated carbocycles. The predicted octanol–water partition coefficient (Wildman–Crippen LogP) is 3.24. The maximum atomic E-state index is 9.78. The molecule has 1 unspecified atom stereocenters. The Morgan fingerprint density at radius 3 is 2.86 bits per heavy atom. The molecule has 2 N–H and O–H groups in total. The molecule has 0 amide bonds. The van der Waals surface area contributed by atoms with Crippen molar-refractivity contribution in [3.05, 3.63) is 71.5 Å². The number of anilines is 2. The lowest BCUT2D eigenvalue weighted by Gasteiger charge is -2.10. The third-order valence-electron chi connectivity index (χ3n) is 4.77. The quantitative estimate of drug-likeness (QED) is 0.541. The van der Waals surface area contributed by atoms with Gasteiger partial charge in [-0.25, -0.2) is 0 Å². The average molecular weight is 389 g/mol. The maximum absolute atomic E-state index is 9.78. The first kappa shape index (κ1) is 17.4. The van der Waals surface area contributed by atoms with Crippen LogP contribution in [0.1, 0.15) is 30.0 Å². The van der Waals surface area contributed by atoms with Crippen LogP contribution in [0.3, 0.4) is 0 Å². The molecule has 5 rings (SSSR count). The smallest absolute Gasteiger partial charge is 0.231 e. The minimum Gasteiger partial charge on any atom is -0.454 e. The number of nitrogens with zero attached hydrogens (tertiary/aromatic N) is 4. The molecule has 8 nitrogen and oxygen atoms in total. The summed E-state index contributed by atoms with van der Waals surface area (Å²) < 4.78 is 12.5. The number of ether oxygens (including phenoxy) is 2. The second kappa shape index (κ2) is 7.06. The molecule has 0 bridgehead atoms. The Labute approximate surface area is 166 Å². The third-order valence-corrected chi connectivity index (χ3v) is 4.77. The molecule has 146 valence electrons. The zero-order chi connectivity index (χ0) is 19.8. The Hall–Kier alpha value is -3.65. The Morgan fingerprint density at radius 1 is 1.07 bits per heavy atom. The number of fused-ring (bicyclic) bond motifs is 2. The van der Waals surface area contributed by atoms with Gasteiger partial charge in [-0.15, -0.1) is 15.3 Å². The zero-order valence-electron chi connectivity index (χ0n) is 15.7. The van der Waals surface area contributed by atoms with Crippen LogP contribution in [0, 0.1) is 0 Å². The van der Waals surface area contributed by atoms with E-state index in [1.54, 1.807) is 11.4 Å². The summed E-state index contributed by atoms with van der Waals surface area (Å²) in [4.78, 5) is 0. The van der Waals surface area contributed by atoms with E-state index in [-0.39, 0.29) is 6.79 Å². The summed E-state index contributed by atoms with van der Waals surface area (Å²) in [6.45, 7) is 1.99. The minimum absolute atomic E-state index is 0.249. The van der Waals surface area contributed by atoms with Gasteiger partial charge in [0.2, 0.25) is 6.79 Å². The van der Waals surface area contributed by atoms with Crippen molar-refractivity contribution in [3.8, 4) is 11.5 Å². The zero-order valence-corrected chi connectivity index (χ0v) is 15.7. The van der Waals surface area contributed by atoms with Crippen molar-refractivity contribution in [2.24, 2.45) is 0 Å². The first-order valence-electron chi connectivity index (χ1n) is 9.31. The van der Waals surface area contributed by atoms with Gasteiger partial charge in [-0.3, -0.25) is 0 Å². The van der Waals surface area contributed by atoms with E-state index in [4.69, 9.17) is 9.47 Å². The Balaban J connectivity index is 1.42. The van der Waals surface area contributed by atoms with E-state index in [0.717, 1.165) is 34.1 Å². The SMILES string of the molecule is CC(O)c1cccc(Nc2ccc3nnc(Cc4ccc5c(c4)OCO5)n3n2)c1. The number of hydrogen-bond acceptors (Lipinski definition) is 7. The van der Waals surface area contributed by atoms with Gasteiger partial charge in [-0.05, 0) is 54.4 Å². The molecular formula is C21H19N5O3. The van der Waals surface area contributed by atoms with Crippen LogP contribution < -0.4 is 14.8 Å². The van der Waals surface area contributed by atoms with E-state index in [2.05, 4.69) is 20.6 Å². The van der Waals surface area contributed by atoms with Crippen LogP contribution in [0.5, 0.6) is 11.5 Å². The van der Waals surface area contributed by atoms with Gasteiger partial charge in [0.1, 0.15) is 0 Å². The van der Waals surface area contributed by atoms with Gasteiger partial charge >= 0.3 is 0 Å². The standard InChI is InChI=1S/C21H19N5O3/c1-13(27)15-3-2-4-16(11-15)22-19-7-8-20-23-24-21(26(20)25-19)10-14-5-6-17-18(9-14)29-12-28-17/h2-9,11,13,27H,10,12H2,1H3,(H,22,25). The lowest BCUT2D eigenvalue weighted by atomic mass is 10.1. The van der Waals surface area contributed by atoms with Crippen molar-refractivity contribution in [2.75, 3.05) is 12.1 Å². The number of aliphatic hydroxyl groups excluding tert-OH is 1. The van der Waals surface area contributed by atoms with Gasteiger partial charge in [-0.1, -0.05) is 18.2 Å². The number of aromatic nitrogens is 4. The molecule has 3 heterocycles. The molecule has 8 heteroatoms. The third kappa shape index (κ3) is 3.45. The summed E-state index contributed by atoms with van der Waals surface area (Å²) in [5, 5.41) is 26.2. The van der Waals surface area contributed by atoms with Gasteiger partial charge in [0.25, 0.3) is 0 Å². The summed E-state index contributed by atoms with van der Waals surface area (Å²) in [5.74, 6) is 2.88. The van der Waals surface area contributed by atoms with E-state index in [0.29, 0.717) is 17.9 Å². The van der Waals surface area contributed by atoms with Gasteiger partial charge in [0.15, 0.2) is 28.8 Å². The van der Waals surface area contributed by atoms with Crippen molar-refractivity contribution < 1.29 is 14.6 Å². The van der Waals surface area contributed by atoms with Crippen molar-refractivity contribution in [1.29, 1.82) is 0 Å². The minimum atomic E-state index is -0.529. The van der Waals surface area contributed by atoms with Gasteiger partial charge in [0, 0.05) is 12.1 Å². The number of rotatable bonds is 5. The Kier molecular flexibility index (Phi) is 4.25. The van der Waals surface area contributed by atoms with Crippen molar-refractivity contribution in [1.82, 2.24) is 19.8 Å². The van der Waals surface area contributed by atoms with Crippen LogP contribution in [0.4, 0.5) is 11.5 Å². The van der Waals surface area contributed by atoms with Crippen molar-refractivity contribution in [2.45, 2.75) is 19.4 Å². The highest BCUT2D eigenvalue weighted by molar-refractivity contribution is 5.58. The van der Waals surface area contributed by atoms with Gasteiger partial charge in [-0.2, -0.15) is 4.52 Å². The molecule has 29 heavy (non-hydrogen) atoms. The molecular weight excluding hydrogens is 370 g/mol. The lowest BCUT2D eigenvalue weighted by molar-refractivity contribution is 0.174. The first-order chi connectivity index (χ1) is 14.2. The summed E-state index contributed by atoms with van der Waals surface area (Å²) in [7, 11) is 0. The van der Waals surface area contributed by atoms with Crippen molar-refractivity contribution >= 4 is 17.2 Å². The lowest BCUT2D eigenvalue weighted by Crippen LogP contribution is -2.03. The molecule has 1 atom stereocenters. The highest BCUT2D eigenvalue weighted by Crippen LogP contribution is 2.33. The second-order valence-corrected chi connectivity index (χ2v) is 6.90. The monoisotopic (exact) mass is 389 g/mol. The second-order valence-electron chi connectivity index (χ2n) is 6.90. The average Bonchev–Trinajstić information content (AvgIpc) is 3.35. The highest BCUT2D eigenvalue weighted by Gasteiger charge is 2.15. The number of hydrogen-bond donors (Lipinski definition) is 2. The van der Waals surface area contributed by atoms with E-state index in [9.17, 15) is 5.11 Å². The van der Waals surface area contributed by atoms with E-state index in [1.807, 2.05) is 54.6 Å². The normalized spacial score (nSPS) is 13.6. The van der Waals surface area contributed by atoms with E-state index in [1.165, 1.54) is 0 Å². The number of nitrogens with one attached hydrogen (secondary N) is 1. The fourth-order valence-corrected chi connectivity index (χ4v) is 3.27. The van der Waals surface area contributed by atoms with Crippen LogP contribution in [0.25, 0.3) is 5.65 Å². The largest absolute Gasteiger partial charge is 0.454 e. The van der Waals surface area contributed by atoms with Crippen LogP contribution >= 0.6 is 0 Å². The Morgan fingerprint density at radius 2 is 1.97 bits per heavy atom. The molecule has 0 fully saturated rings. The summed E-state index contributed by atoms with van der Waals surface area (Å²) >= 11 is 0. The number of aliphatic hydroxyl groups is 1.